The average molecular weight is 392 g/mol. The zero-order valence-electron chi connectivity index (χ0n) is 9.66. The monoisotopic (exact) mass is 390 g/mol. The van der Waals surface area contributed by atoms with E-state index in [-0.39, 0.29) is 16.7 Å². The third-order valence-corrected chi connectivity index (χ3v) is 2.86. The normalized spacial score (nSPS) is 9.19. The van der Waals surface area contributed by atoms with Crippen LogP contribution in [0.2, 0.25) is 0 Å². The van der Waals surface area contributed by atoms with Gasteiger partial charge in [-0.3, -0.25) is 24.0 Å². The maximum absolute atomic E-state index is 10.9. The van der Waals surface area contributed by atoms with Gasteiger partial charge < -0.3 is 0 Å². The van der Waals surface area contributed by atoms with Crippen molar-refractivity contribution in [3.63, 3.8) is 0 Å². The van der Waals surface area contributed by atoms with Crippen molar-refractivity contribution >= 4 is 84.2 Å². The van der Waals surface area contributed by atoms with E-state index in [2.05, 4.69) is 23.2 Å². The number of benzene rings is 1. The Hall–Kier alpha value is -0.980. The summed E-state index contributed by atoms with van der Waals surface area (Å²) in [6.45, 7) is 0. The molecule has 1 aromatic rings. The van der Waals surface area contributed by atoms with E-state index in [1.165, 1.54) is 18.2 Å². The summed E-state index contributed by atoms with van der Waals surface area (Å²) in [5.41, 5.74) is -0.0218. The second-order valence-electron chi connectivity index (χ2n) is 3.17. The van der Waals surface area contributed by atoms with Crippen molar-refractivity contribution in [2.24, 2.45) is 0 Å². The van der Waals surface area contributed by atoms with Crippen LogP contribution < -0.4 is 0 Å². The molecule has 1 aromatic carbocycles. The lowest BCUT2D eigenvalue weighted by Crippen LogP contribution is -2.00. The van der Waals surface area contributed by atoms with Gasteiger partial charge in [-0.2, -0.15) is 0 Å². The standard InChI is InChI=1S/C9H3Cl3O3.C2Cl2O2/c10-7(13)4-1-5(8(11)14)3-6(2-4)9(12)15;3-1(5)2(4)6/h1-3H;. The van der Waals surface area contributed by atoms with E-state index in [0.717, 1.165) is 0 Å². The molecular formula is C11H3Cl5O5. The Kier molecular flexibility index (Phi) is 8.70. The quantitative estimate of drug-likeness (QED) is 0.580. The van der Waals surface area contributed by atoms with Crippen LogP contribution in [-0.4, -0.2) is 26.2 Å². The van der Waals surface area contributed by atoms with Crippen LogP contribution in [0.5, 0.6) is 0 Å². The highest BCUT2D eigenvalue weighted by molar-refractivity contribution is 6.97. The van der Waals surface area contributed by atoms with E-state index in [1.54, 1.807) is 0 Å². The van der Waals surface area contributed by atoms with Gasteiger partial charge >= 0.3 is 10.5 Å². The van der Waals surface area contributed by atoms with Gasteiger partial charge in [-0.05, 0) is 76.2 Å². The number of hydrogen-bond donors (Lipinski definition) is 0. The lowest BCUT2D eigenvalue weighted by atomic mass is 10.1. The van der Waals surface area contributed by atoms with E-state index in [4.69, 9.17) is 34.8 Å². The van der Waals surface area contributed by atoms with Crippen molar-refractivity contribution in [2.45, 2.75) is 0 Å². The molecule has 21 heavy (non-hydrogen) atoms. The Morgan fingerprint density at radius 2 is 0.714 bits per heavy atom. The summed E-state index contributed by atoms with van der Waals surface area (Å²) in [4.78, 5) is 51.4. The molecule has 10 heteroatoms. The topological polar surface area (TPSA) is 85.3 Å². The van der Waals surface area contributed by atoms with Crippen LogP contribution in [0.25, 0.3) is 0 Å². The summed E-state index contributed by atoms with van der Waals surface area (Å²) in [5.74, 6) is 0. The van der Waals surface area contributed by atoms with Crippen LogP contribution >= 0.6 is 58.0 Å². The van der Waals surface area contributed by atoms with Gasteiger partial charge in [0, 0.05) is 16.7 Å². The zero-order valence-corrected chi connectivity index (χ0v) is 13.4. The Balaban J connectivity index is 0.000000567. The lowest BCUT2D eigenvalue weighted by molar-refractivity contribution is -0.127. The molecule has 0 aliphatic carbocycles. The Morgan fingerprint density at radius 3 is 0.810 bits per heavy atom. The maximum Gasteiger partial charge on any atom is 0.304 e. The van der Waals surface area contributed by atoms with Gasteiger partial charge in [0.1, 0.15) is 0 Å². The predicted molar refractivity (Wildman–Crippen MR) is 78.7 cm³/mol. The molecule has 0 aromatic heterocycles. The van der Waals surface area contributed by atoms with E-state index in [0.29, 0.717) is 0 Å². The first-order chi connectivity index (χ1) is 9.56. The van der Waals surface area contributed by atoms with Gasteiger partial charge in [0.25, 0.3) is 15.7 Å². The first-order valence-electron chi connectivity index (χ1n) is 4.70. The fourth-order valence-electron chi connectivity index (χ4n) is 0.968. The summed E-state index contributed by atoms with van der Waals surface area (Å²) >= 11 is 24.6. The minimum Gasteiger partial charge on any atom is -0.276 e. The molecule has 0 aliphatic rings. The second-order valence-corrected chi connectivity index (χ2v) is 4.88. The molecule has 0 bridgehead atoms. The largest absolute Gasteiger partial charge is 0.304 e. The van der Waals surface area contributed by atoms with Crippen molar-refractivity contribution in [3.05, 3.63) is 34.9 Å². The van der Waals surface area contributed by atoms with E-state index >= 15 is 0 Å². The molecule has 5 nitrogen and oxygen atoms in total. The first-order valence-corrected chi connectivity index (χ1v) is 6.59. The third kappa shape index (κ3) is 7.55. The fraction of sp³-hybridized carbons (Fsp3) is 0. The lowest BCUT2D eigenvalue weighted by Gasteiger charge is -2.00. The summed E-state index contributed by atoms with van der Waals surface area (Å²) < 4.78 is 0. The van der Waals surface area contributed by atoms with Crippen molar-refractivity contribution < 1.29 is 24.0 Å². The van der Waals surface area contributed by atoms with Gasteiger partial charge in [0.15, 0.2) is 0 Å². The van der Waals surface area contributed by atoms with Crippen LogP contribution in [0.15, 0.2) is 18.2 Å². The van der Waals surface area contributed by atoms with Crippen molar-refractivity contribution in [1.29, 1.82) is 0 Å². The van der Waals surface area contributed by atoms with Crippen LogP contribution in [-0.2, 0) is 9.59 Å². The molecule has 0 unspecified atom stereocenters. The highest BCUT2D eigenvalue weighted by Gasteiger charge is 2.12. The third-order valence-electron chi connectivity index (χ3n) is 1.77. The number of halogens is 5. The molecule has 0 spiro atoms. The Labute approximate surface area is 143 Å². The van der Waals surface area contributed by atoms with E-state index < -0.39 is 26.2 Å². The van der Waals surface area contributed by atoms with Crippen molar-refractivity contribution in [1.82, 2.24) is 0 Å². The first kappa shape index (κ1) is 20.0. The van der Waals surface area contributed by atoms with Crippen molar-refractivity contribution in [3.8, 4) is 0 Å². The summed E-state index contributed by atoms with van der Waals surface area (Å²) in [7, 11) is 0. The molecular weight excluding hydrogens is 389 g/mol. The number of hydrogen-bond acceptors (Lipinski definition) is 5. The van der Waals surface area contributed by atoms with E-state index in [1.807, 2.05) is 0 Å². The van der Waals surface area contributed by atoms with Gasteiger partial charge in [-0.1, -0.05) is 0 Å². The number of rotatable bonds is 4. The Bertz CT molecular complexity index is 534. The predicted octanol–water partition coefficient (Wildman–Crippen LogP) is 3.34. The molecule has 0 amide bonds. The molecule has 1 rings (SSSR count). The molecule has 0 saturated carbocycles. The molecule has 0 fully saturated rings. The van der Waals surface area contributed by atoms with Gasteiger partial charge in [-0.15, -0.1) is 0 Å². The van der Waals surface area contributed by atoms with Gasteiger partial charge in [0.05, 0.1) is 0 Å². The molecule has 112 valence electrons. The van der Waals surface area contributed by atoms with Gasteiger partial charge in [-0.25, -0.2) is 0 Å². The minimum atomic E-state index is -1.14. The highest BCUT2D eigenvalue weighted by Crippen LogP contribution is 2.16. The second kappa shape index (κ2) is 9.12. The molecule has 0 radical (unpaired) electrons. The molecule has 0 saturated heterocycles. The molecule has 0 heterocycles. The van der Waals surface area contributed by atoms with Crippen LogP contribution in [0, 0.1) is 0 Å². The minimum absolute atomic E-state index is 0.00725. The molecule has 0 aliphatic heterocycles. The number of carbonyl (C=O) groups is 5. The average Bonchev–Trinajstić information content (AvgIpc) is 2.38. The van der Waals surface area contributed by atoms with Crippen LogP contribution in [0.3, 0.4) is 0 Å². The van der Waals surface area contributed by atoms with Crippen molar-refractivity contribution in [2.75, 3.05) is 0 Å². The summed E-state index contributed by atoms with van der Waals surface area (Å²) in [5, 5.41) is -4.68. The fourth-order valence-corrected chi connectivity index (χ4v) is 1.30. The van der Waals surface area contributed by atoms with Crippen LogP contribution in [0.1, 0.15) is 31.1 Å². The summed E-state index contributed by atoms with van der Waals surface area (Å²) in [6, 6.07) is 3.57. The molecule has 0 atom stereocenters. The van der Waals surface area contributed by atoms with Crippen LogP contribution in [0.4, 0.5) is 0 Å². The smallest absolute Gasteiger partial charge is 0.276 e. The zero-order chi connectivity index (χ0) is 16.7. The Morgan fingerprint density at radius 1 is 0.524 bits per heavy atom. The maximum atomic E-state index is 10.9. The van der Waals surface area contributed by atoms with Gasteiger partial charge in [0.2, 0.25) is 0 Å². The highest BCUT2D eigenvalue weighted by atomic mass is 35.5. The SMILES string of the molecule is O=C(Cl)C(=O)Cl.O=C(Cl)c1cc(C(=O)Cl)cc(C(=O)Cl)c1. The molecule has 0 N–H and O–H groups in total. The number of carbonyl (C=O) groups excluding carboxylic acids is 5. The summed E-state index contributed by atoms with van der Waals surface area (Å²) in [6.07, 6.45) is 0. The van der Waals surface area contributed by atoms with E-state index in [9.17, 15) is 24.0 Å².